The van der Waals surface area contributed by atoms with Crippen molar-refractivity contribution >= 4 is 12.2 Å². The van der Waals surface area contributed by atoms with Gasteiger partial charge in [-0.1, -0.05) is 0 Å². The highest BCUT2D eigenvalue weighted by atomic mass is 16.5. The molecule has 1 N–H and O–H groups in total. The van der Waals surface area contributed by atoms with E-state index < -0.39 is 0 Å². The molecule has 0 aromatic rings. The molecule has 1 fully saturated rings. The summed E-state index contributed by atoms with van der Waals surface area (Å²) in [7, 11) is 0. The van der Waals surface area contributed by atoms with E-state index in [4.69, 9.17) is 4.74 Å². The molecule has 1 rings (SSSR count). The van der Waals surface area contributed by atoms with Crippen molar-refractivity contribution in [3.63, 3.8) is 0 Å². The number of hydrogen-bond donors (Lipinski definition) is 1. The quantitative estimate of drug-likeness (QED) is 0.720. The third-order valence-corrected chi connectivity index (χ3v) is 3.11. The van der Waals surface area contributed by atoms with Crippen molar-refractivity contribution in [2.45, 2.75) is 58.1 Å². The summed E-state index contributed by atoms with van der Waals surface area (Å²) in [5, 5.41) is 3.00. The highest BCUT2D eigenvalue weighted by Crippen LogP contribution is 2.22. The third-order valence-electron chi connectivity index (χ3n) is 3.11. The van der Waals surface area contributed by atoms with Gasteiger partial charge in [0.25, 0.3) is 0 Å². The van der Waals surface area contributed by atoms with E-state index in [0.717, 1.165) is 32.0 Å². The van der Waals surface area contributed by atoms with Crippen LogP contribution in [-0.4, -0.2) is 30.9 Å². The van der Waals surface area contributed by atoms with E-state index in [-0.39, 0.29) is 24.0 Å². The van der Waals surface area contributed by atoms with Gasteiger partial charge in [-0.25, -0.2) is 0 Å². The largest absolute Gasteiger partial charge is 0.378 e. The van der Waals surface area contributed by atoms with Gasteiger partial charge in [0.05, 0.1) is 12.7 Å². The van der Waals surface area contributed by atoms with Crippen LogP contribution in [0.4, 0.5) is 0 Å². The average Bonchev–Trinajstić information content (AvgIpc) is 2.29. The highest BCUT2D eigenvalue weighted by molar-refractivity contribution is 5.76. The predicted molar refractivity (Wildman–Crippen MR) is 65.7 cm³/mol. The molecule has 0 aromatic carbocycles. The number of amides is 1. The van der Waals surface area contributed by atoms with Crippen molar-refractivity contribution in [2.24, 2.45) is 5.92 Å². The summed E-state index contributed by atoms with van der Waals surface area (Å²) in [6, 6.07) is 0.248. The lowest BCUT2D eigenvalue weighted by molar-refractivity contribution is -0.123. The van der Waals surface area contributed by atoms with Crippen LogP contribution in [0.5, 0.6) is 0 Å². The summed E-state index contributed by atoms with van der Waals surface area (Å²) in [4.78, 5) is 22.2. The monoisotopic (exact) mass is 241 g/mol. The Kier molecular flexibility index (Phi) is 6.19. The summed E-state index contributed by atoms with van der Waals surface area (Å²) in [5.74, 6) is 0.257. The first-order chi connectivity index (χ1) is 8.11. The summed E-state index contributed by atoms with van der Waals surface area (Å²) in [6.07, 6.45) is 5.26. The molecule has 0 atom stereocenters. The molecule has 0 aliphatic heterocycles. The van der Waals surface area contributed by atoms with Crippen molar-refractivity contribution < 1.29 is 14.3 Å². The minimum atomic E-state index is 0.0557. The number of carbonyl (C=O) groups is 2. The van der Waals surface area contributed by atoms with Gasteiger partial charge in [0, 0.05) is 18.4 Å². The van der Waals surface area contributed by atoms with Crippen LogP contribution in [-0.2, 0) is 14.3 Å². The highest BCUT2D eigenvalue weighted by Gasteiger charge is 2.21. The molecule has 0 bridgehead atoms. The van der Waals surface area contributed by atoms with Crippen LogP contribution in [0.1, 0.15) is 46.0 Å². The maximum Gasteiger partial charge on any atom is 0.222 e. The maximum atomic E-state index is 11.6. The number of nitrogens with one attached hydrogen (secondary N) is 1. The van der Waals surface area contributed by atoms with Crippen LogP contribution in [0.3, 0.4) is 0 Å². The summed E-state index contributed by atoms with van der Waals surface area (Å²) < 4.78 is 5.33. The Bertz CT molecular complexity index is 245. The fourth-order valence-electron chi connectivity index (χ4n) is 2.09. The second-order valence-corrected chi connectivity index (χ2v) is 4.98. The fourth-order valence-corrected chi connectivity index (χ4v) is 2.09. The molecule has 4 heteroatoms. The van der Waals surface area contributed by atoms with Crippen LogP contribution >= 0.6 is 0 Å². The molecule has 0 aromatic heterocycles. The Morgan fingerprint density at radius 2 is 2.00 bits per heavy atom. The van der Waals surface area contributed by atoms with Gasteiger partial charge in [-0.15, -0.1) is 0 Å². The number of aldehydes is 1. The van der Waals surface area contributed by atoms with Gasteiger partial charge in [0.2, 0.25) is 5.91 Å². The van der Waals surface area contributed by atoms with E-state index in [1.807, 2.05) is 13.8 Å². The van der Waals surface area contributed by atoms with Crippen molar-refractivity contribution in [2.75, 3.05) is 6.61 Å². The number of rotatable bonds is 6. The molecule has 4 nitrogen and oxygen atoms in total. The smallest absolute Gasteiger partial charge is 0.222 e. The standard InChI is InChI=1S/C13H23NO3/c1-10(2)17-8-7-13(16)14-12-5-3-11(9-15)4-6-12/h9-12H,3-8H2,1-2H3,(H,14,16). The molecule has 0 heterocycles. The van der Waals surface area contributed by atoms with Gasteiger partial charge < -0.3 is 14.8 Å². The fraction of sp³-hybridized carbons (Fsp3) is 0.846. The normalized spacial score (nSPS) is 24.6. The Hall–Kier alpha value is -0.900. The topological polar surface area (TPSA) is 55.4 Å². The number of hydrogen-bond acceptors (Lipinski definition) is 3. The molecular weight excluding hydrogens is 218 g/mol. The number of ether oxygens (including phenoxy) is 1. The first-order valence-corrected chi connectivity index (χ1v) is 6.48. The molecule has 1 aliphatic carbocycles. The van der Waals surface area contributed by atoms with Gasteiger partial charge in [-0.3, -0.25) is 4.79 Å². The zero-order valence-corrected chi connectivity index (χ0v) is 10.8. The van der Waals surface area contributed by atoms with E-state index in [0.29, 0.717) is 13.0 Å². The van der Waals surface area contributed by atoms with Gasteiger partial charge >= 0.3 is 0 Å². The summed E-state index contributed by atoms with van der Waals surface area (Å²) in [6.45, 7) is 4.39. The minimum Gasteiger partial charge on any atom is -0.378 e. The van der Waals surface area contributed by atoms with Crippen LogP contribution in [0.25, 0.3) is 0 Å². The minimum absolute atomic E-state index is 0.0557. The molecule has 0 unspecified atom stereocenters. The van der Waals surface area contributed by atoms with Crippen LogP contribution < -0.4 is 5.32 Å². The first-order valence-electron chi connectivity index (χ1n) is 6.48. The van der Waals surface area contributed by atoms with Gasteiger partial charge in [-0.05, 0) is 39.5 Å². The molecule has 0 saturated heterocycles. The molecule has 1 amide bonds. The SMILES string of the molecule is CC(C)OCCC(=O)NC1CCC(C=O)CC1. The van der Waals surface area contributed by atoms with Crippen LogP contribution in [0.15, 0.2) is 0 Å². The Morgan fingerprint density at radius 1 is 1.35 bits per heavy atom. The van der Waals surface area contributed by atoms with Crippen molar-refractivity contribution in [1.82, 2.24) is 5.32 Å². The first kappa shape index (κ1) is 14.2. The molecule has 1 saturated carbocycles. The van der Waals surface area contributed by atoms with Crippen LogP contribution in [0, 0.1) is 5.92 Å². The van der Waals surface area contributed by atoms with E-state index in [1.54, 1.807) is 0 Å². The molecule has 1 aliphatic rings. The Balaban J connectivity index is 2.12. The second kappa shape index (κ2) is 7.43. The molecule has 0 spiro atoms. The maximum absolute atomic E-state index is 11.6. The zero-order valence-electron chi connectivity index (χ0n) is 10.8. The third kappa shape index (κ3) is 5.82. The molecular formula is C13H23NO3. The van der Waals surface area contributed by atoms with E-state index in [1.165, 1.54) is 0 Å². The lowest BCUT2D eigenvalue weighted by atomic mass is 9.87. The van der Waals surface area contributed by atoms with Gasteiger partial charge in [0.1, 0.15) is 6.29 Å². The van der Waals surface area contributed by atoms with Gasteiger partial charge in [-0.2, -0.15) is 0 Å². The average molecular weight is 241 g/mol. The summed E-state index contributed by atoms with van der Waals surface area (Å²) >= 11 is 0. The van der Waals surface area contributed by atoms with E-state index in [9.17, 15) is 9.59 Å². The van der Waals surface area contributed by atoms with Crippen molar-refractivity contribution in [1.29, 1.82) is 0 Å². The molecule has 0 radical (unpaired) electrons. The lowest BCUT2D eigenvalue weighted by Gasteiger charge is -2.26. The van der Waals surface area contributed by atoms with Crippen molar-refractivity contribution in [3.8, 4) is 0 Å². The second-order valence-electron chi connectivity index (χ2n) is 4.98. The van der Waals surface area contributed by atoms with Crippen molar-refractivity contribution in [3.05, 3.63) is 0 Å². The van der Waals surface area contributed by atoms with E-state index in [2.05, 4.69) is 5.32 Å². The molecule has 17 heavy (non-hydrogen) atoms. The lowest BCUT2D eigenvalue weighted by Crippen LogP contribution is -2.38. The van der Waals surface area contributed by atoms with Gasteiger partial charge in [0.15, 0.2) is 0 Å². The Labute approximate surface area is 103 Å². The predicted octanol–water partition coefficient (Wildman–Crippen LogP) is 1.68. The summed E-state index contributed by atoms with van der Waals surface area (Å²) in [5.41, 5.74) is 0. The molecule has 98 valence electrons. The zero-order chi connectivity index (χ0) is 12.7. The Morgan fingerprint density at radius 3 is 2.53 bits per heavy atom. The number of carbonyl (C=O) groups excluding carboxylic acids is 2. The van der Waals surface area contributed by atoms with E-state index >= 15 is 0 Å². The van der Waals surface area contributed by atoms with Crippen LogP contribution in [0.2, 0.25) is 0 Å².